The summed E-state index contributed by atoms with van der Waals surface area (Å²) >= 11 is 0. The molecule has 0 amide bonds. The third kappa shape index (κ3) is 5.79. The Morgan fingerprint density at radius 3 is 1.76 bits per heavy atom. The Hall–Kier alpha value is -1.46. The Morgan fingerprint density at radius 2 is 1.38 bits per heavy atom. The van der Waals surface area contributed by atoms with Crippen molar-refractivity contribution in [3.8, 4) is 0 Å². The Balaban J connectivity index is 1.84. The minimum atomic E-state index is -1.89. The average Bonchev–Trinajstić information content (AvgIpc) is 3.40. The van der Waals surface area contributed by atoms with Crippen molar-refractivity contribution >= 4 is 8.32 Å². The van der Waals surface area contributed by atoms with Crippen LogP contribution in [0.25, 0.3) is 0 Å². The smallest absolute Gasteiger partial charge is 0.192 e. The molecule has 1 aliphatic carbocycles. The summed E-state index contributed by atoms with van der Waals surface area (Å²) in [7, 11) is -1.89. The predicted octanol–water partition coefficient (Wildman–Crippen LogP) is 5.60. The van der Waals surface area contributed by atoms with Crippen LogP contribution in [-0.2, 0) is 17.5 Å². The maximum atomic E-state index is 11.2. The molecule has 1 fully saturated rings. The van der Waals surface area contributed by atoms with Gasteiger partial charge in [0.1, 0.15) is 0 Å². The second-order valence-corrected chi connectivity index (χ2v) is 14.9. The molecule has 2 aromatic rings. The molecule has 158 valence electrons. The molecule has 1 N–H and O–H groups in total. The van der Waals surface area contributed by atoms with Gasteiger partial charge in [-0.3, -0.25) is 4.90 Å². The molecule has 3 nitrogen and oxygen atoms in total. The van der Waals surface area contributed by atoms with Crippen molar-refractivity contribution in [3.05, 3.63) is 71.8 Å². The normalized spacial score (nSPS) is 17.3. The highest BCUT2D eigenvalue weighted by atomic mass is 28.4. The van der Waals surface area contributed by atoms with Crippen molar-refractivity contribution in [2.45, 2.75) is 76.5 Å². The molecule has 4 heteroatoms. The molecular formula is C25H37NO2Si. The largest absolute Gasteiger partial charge is 0.415 e. The fourth-order valence-electron chi connectivity index (χ4n) is 3.48. The van der Waals surface area contributed by atoms with E-state index in [1.54, 1.807) is 0 Å². The van der Waals surface area contributed by atoms with Gasteiger partial charge in [0.15, 0.2) is 8.32 Å². The first-order valence-corrected chi connectivity index (χ1v) is 13.7. The van der Waals surface area contributed by atoms with Crippen LogP contribution in [0.1, 0.15) is 44.7 Å². The second kappa shape index (κ2) is 8.72. The summed E-state index contributed by atoms with van der Waals surface area (Å²) in [6, 6.07) is 21.1. The lowest BCUT2D eigenvalue weighted by Crippen LogP contribution is -2.51. The summed E-state index contributed by atoms with van der Waals surface area (Å²) in [6.45, 7) is 13.6. The van der Waals surface area contributed by atoms with Gasteiger partial charge in [-0.15, -0.1) is 0 Å². The standard InChI is InChI=1S/C25H37NO2Si/c1-24(2,3)29(4,5)28-20-23(25(27)16-17-25)26(18-21-12-8-6-9-13-21)19-22-14-10-7-11-15-22/h6-15,23,27H,16-20H2,1-5H3/t23-/m0/s1. The van der Waals surface area contributed by atoms with Crippen LogP contribution in [0, 0.1) is 0 Å². The second-order valence-electron chi connectivity index (χ2n) is 10.1. The maximum absolute atomic E-state index is 11.2. The molecule has 0 aromatic heterocycles. The van der Waals surface area contributed by atoms with E-state index in [0.29, 0.717) is 6.61 Å². The van der Waals surface area contributed by atoms with Crippen LogP contribution < -0.4 is 0 Å². The number of aliphatic hydroxyl groups is 1. The van der Waals surface area contributed by atoms with Gasteiger partial charge in [0.05, 0.1) is 18.2 Å². The lowest BCUT2D eigenvalue weighted by molar-refractivity contribution is -0.00637. The van der Waals surface area contributed by atoms with Gasteiger partial charge in [-0.05, 0) is 42.1 Å². The minimum Gasteiger partial charge on any atom is -0.415 e. The van der Waals surface area contributed by atoms with E-state index < -0.39 is 13.9 Å². The van der Waals surface area contributed by atoms with E-state index in [0.717, 1.165) is 25.9 Å². The summed E-state index contributed by atoms with van der Waals surface area (Å²) in [5, 5.41) is 11.4. The highest BCUT2D eigenvalue weighted by molar-refractivity contribution is 6.74. The fourth-order valence-corrected chi connectivity index (χ4v) is 4.49. The lowest BCUT2D eigenvalue weighted by atomic mass is 10.0. The maximum Gasteiger partial charge on any atom is 0.192 e. The molecule has 1 aliphatic rings. The molecule has 0 spiro atoms. The van der Waals surface area contributed by atoms with Crippen LogP contribution in [0.15, 0.2) is 60.7 Å². The number of rotatable bonds is 9. The van der Waals surface area contributed by atoms with Gasteiger partial charge in [0, 0.05) is 13.1 Å². The number of nitrogens with zero attached hydrogens (tertiary/aromatic N) is 1. The molecule has 0 radical (unpaired) electrons. The first-order valence-electron chi connectivity index (χ1n) is 10.8. The first-order chi connectivity index (χ1) is 13.6. The Bertz CT molecular complexity index is 725. The number of hydrogen-bond donors (Lipinski definition) is 1. The highest BCUT2D eigenvalue weighted by Gasteiger charge is 2.51. The predicted molar refractivity (Wildman–Crippen MR) is 123 cm³/mol. The Kier molecular flexibility index (Phi) is 6.69. The van der Waals surface area contributed by atoms with Crippen molar-refractivity contribution in [2.24, 2.45) is 0 Å². The van der Waals surface area contributed by atoms with E-state index in [1.807, 2.05) is 0 Å². The third-order valence-corrected chi connectivity index (χ3v) is 11.2. The van der Waals surface area contributed by atoms with Crippen LogP contribution in [0.4, 0.5) is 0 Å². The zero-order valence-corrected chi connectivity index (χ0v) is 19.7. The molecule has 0 unspecified atom stereocenters. The summed E-state index contributed by atoms with van der Waals surface area (Å²) < 4.78 is 6.62. The van der Waals surface area contributed by atoms with E-state index in [-0.39, 0.29) is 11.1 Å². The van der Waals surface area contributed by atoms with Gasteiger partial charge < -0.3 is 9.53 Å². The monoisotopic (exact) mass is 411 g/mol. The van der Waals surface area contributed by atoms with Gasteiger partial charge in [0.2, 0.25) is 0 Å². The zero-order valence-electron chi connectivity index (χ0n) is 18.7. The summed E-state index contributed by atoms with van der Waals surface area (Å²) in [5.74, 6) is 0. The van der Waals surface area contributed by atoms with Crippen molar-refractivity contribution in [1.29, 1.82) is 0 Å². The van der Waals surface area contributed by atoms with Crippen molar-refractivity contribution in [3.63, 3.8) is 0 Å². The summed E-state index contributed by atoms with van der Waals surface area (Å²) in [5.41, 5.74) is 1.90. The van der Waals surface area contributed by atoms with Crippen molar-refractivity contribution in [1.82, 2.24) is 4.90 Å². The van der Waals surface area contributed by atoms with Gasteiger partial charge in [0.25, 0.3) is 0 Å². The van der Waals surface area contributed by atoms with Crippen molar-refractivity contribution in [2.75, 3.05) is 6.61 Å². The van der Waals surface area contributed by atoms with Crippen LogP contribution >= 0.6 is 0 Å². The van der Waals surface area contributed by atoms with E-state index in [9.17, 15) is 5.11 Å². The quantitative estimate of drug-likeness (QED) is 0.545. The highest BCUT2D eigenvalue weighted by Crippen LogP contribution is 2.43. The molecule has 0 bridgehead atoms. The molecule has 1 saturated carbocycles. The van der Waals surface area contributed by atoms with Crippen LogP contribution in [0.5, 0.6) is 0 Å². The van der Waals surface area contributed by atoms with Gasteiger partial charge in [-0.2, -0.15) is 0 Å². The number of benzene rings is 2. The van der Waals surface area contributed by atoms with E-state index >= 15 is 0 Å². The molecule has 1 atom stereocenters. The summed E-state index contributed by atoms with van der Waals surface area (Å²) in [6.07, 6.45) is 1.72. The molecular weight excluding hydrogens is 374 g/mol. The third-order valence-electron chi connectivity index (χ3n) is 6.69. The Morgan fingerprint density at radius 1 is 0.931 bits per heavy atom. The van der Waals surface area contributed by atoms with Gasteiger partial charge in [-0.25, -0.2) is 0 Å². The molecule has 0 heterocycles. The van der Waals surface area contributed by atoms with Crippen LogP contribution in [0.2, 0.25) is 18.1 Å². The van der Waals surface area contributed by atoms with Gasteiger partial charge >= 0.3 is 0 Å². The lowest BCUT2D eigenvalue weighted by Gasteiger charge is -2.41. The van der Waals surface area contributed by atoms with Crippen LogP contribution in [-0.4, -0.2) is 36.6 Å². The van der Waals surface area contributed by atoms with E-state index in [4.69, 9.17) is 4.43 Å². The molecule has 3 rings (SSSR count). The molecule has 29 heavy (non-hydrogen) atoms. The summed E-state index contributed by atoms with van der Waals surface area (Å²) in [4.78, 5) is 2.42. The average molecular weight is 412 g/mol. The molecule has 2 aromatic carbocycles. The molecule has 0 aliphatic heterocycles. The molecule has 0 saturated heterocycles. The zero-order chi connectivity index (χ0) is 21.1. The first kappa shape index (κ1) is 22.2. The van der Waals surface area contributed by atoms with Crippen molar-refractivity contribution < 1.29 is 9.53 Å². The van der Waals surface area contributed by atoms with Crippen LogP contribution in [0.3, 0.4) is 0 Å². The van der Waals surface area contributed by atoms with E-state index in [2.05, 4.69) is 99.4 Å². The SMILES string of the molecule is CC(C)(C)[Si](C)(C)OC[C@H](N(Cc1ccccc1)Cc1ccccc1)C1(O)CC1. The Labute approximate surface area is 177 Å². The van der Waals surface area contributed by atoms with E-state index in [1.165, 1.54) is 11.1 Å². The number of hydrogen-bond acceptors (Lipinski definition) is 3. The fraction of sp³-hybridized carbons (Fsp3) is 0.520. The topological polar surface area (TPSA) is 32.7 Å². The minimum absolute atomic E-state index is 0.00274. The van der Waals surface area contributed by atoms with Gasteiger partial charge in [-0.1, -0.05) is 81.4 Å².